The summed E-state index contributed by atoms with van der Waals surface area (Å²) in [5.41, 5.74) is 2.93. The lowest BCUT2D eigenvalue weighted by Crippen LogP contribution is -2.57. The van der Waals surface area contributed by atoms with E-state index >= 15 is 0 Å². The molecule has 2 bridgehead atoms. The van der Waals surface area contributed by atoms with Gasteiger partial charge < -0.3 is 24.7 Å². The van der Waals surface area contributed by atoms with E-state index in [4.69, 9.17) is 21.1 Å². The van der Waals surface area contributed by atoms with Gasteiger partial charge in [-0.1, -0.05) is 18.6 Å². The Bertz CT molecular complexity index is 1810. The summed E-state index contributed by atoms with van der Waals surface area (Å²) in [6.45, 7) is 7.39. The minimum atomic E-state index is -0.619. The maximum atomic E-state index is 14.9. The molecule has 0 radical (unpaired) electrons. The van der Waals surface area contributed by atoms with E-state index < -0.39 is 11.9 Å². The number of phenols is 1. The summed E-state index contributed by atoms with van der Waals surface area (Å²) < 4.78 is 21.4. The molecule has 0 spiro atoms. The van der Waals surface area contributed by atoms with E-state index in [-0.39, 0.29) is 40.8 Å². The van der Waals surface area contributed by atoms with Crippen LogP contribution in [-0.2, 0) is 17.6 Å². The first-order valence-electron chi connectivity index (χ1n) is 16.9. The fourth-order valence-electron chi connectivity index (χ4n) is 9.30. The molecule has 0 saturated carbocycles. The number of amides is 1. The monoisotopic (exact) mass is 637 g/mol. The number of piperazine rings is 1. The van der Waals surface area contributed by atoms with Gasteiger partial charge in [-0.3, -0.25) is 9.69 Å². The number of ether oxygens (including phenoxy) is 1. The lowest BCUT2D eigenvalue weighted by atomic mass is 9.79. The molecule has 5 aliphatic rings. The number of rotatable bonds is 6. The SMILES string of the molecule is C#Cc1c(F)ccc2cc(O)cc([C@@H]3CCc4c(nc(OCC56CCCN5CCC6)nc4N4C[C@H]5C[C@@H](O)[C@@H](C4)N5C(=O)C=C)C3)c12. The van der Waals surface area contributed by atoms with Gasteiger partial charge in [0, 0.05) is 24.0 Å². The third-order valence-electron chi connectivity index (χ3n) is 11.5. The van der Waals surface area contributed by atoms with Gasteiger partial charge in [0.25, 0.3) is 0 Å². The molecule has 0 unspecified atom stereocenters. The van der Waals surface area contributed by atoms with Crippen molar-refractivity contribution in [2.24, 2.45) is 0 Å². The van der Waals surface area contributed by atoms with E-state index in [2.05, 4.69) is 22.3 Å². The lowest BCUT2D eigenvalue weighted by molar-refractivity contribution is -0.130. The Labute approximate surface area is 274 Å². The van der Waals surface area contributed by atoms with Crippen LogP contribution >= 0.6 is 0 Å². The highest BCUT2D eigenvalue weighted by atomic mass is 19.1. The van der Waals surface area contributed by atoms with E-state index in [0.29, 0.717) is 55.7 Å². The van der Waals surface area contributed by atoms with Gasteiger partial charge in [0.15, 0.2) is 0 Å². The number of carbonyl (C=O) groups is 1. The van der Waals surface area contributed by atoms with Crippen LogP contribution in [0.1, 0.15) is 66.8 Å². The molecule has 2 N–H and O–H groups in total. The summed E-state index contributed by atoms with van der Waals surface area (Å²) in [6.07, 6.45) is 13.5. The molecule has 47 heavy (non-hydrogen) atoms. The Morgan fingerprint density at radius 1 is 1.21 bits per heavy atom. The molecule has 1 aromatic heterocycles. The number of terminal acetylenes is 1. The van der Waals surface area contributed by atoms with Crippen LogP contribution < -0.4 is 9.64 Å². The number of aromatic nitrogens is 2. The third-order valence-corrected chi connectivity index (χ3v) is 11.5. The van der Waals surface area contributed by atoms with Crippen LogP contribution in [0.3, 0.4) is 0 Å². The van der Waals surface area contributed by atoms with Crippen molar-refractivity contribution in [3.8, 4) is 24.1 Å². The summed E-state index contributed by atoms with van der Waals surface area (Å²) in [4.78, 5) is 29.3. The number of hydrogen-bond acceptors (Lipinski definition) is 8. The quantitative estimate of drug-likeness (QED) is 0.308. The molecule has 9 nitrogen and oxygen atoms in total. The zero-order valence-corrected chi connectivity index (χ0v) is 26.5. The topological polar surface area (TPSA) is 102 Å². The second-order valence-corrected chi connectivity index (χ2v) is 14.0. The normalized spacial score (nSPS) is 26.2. The maximum Gasteiger partial charge on any atom is 0.318 e. The predicted octanol–water partition coefficient (Wildman–Crippen LogP) is 4.07. The van der Waals surface area contributed by atoms with Crippen molar-refractivity contribution in [1.82, 2.24) is 19.8 Å². The van der Waals surface area contributed by atoms with Crippen LogP contribution in [0.4, 0.5) is 10.2 Å². The average Bonchev–Trinajstić information content (AvgIpc) is 3.71. The van der Waals surface area contributed by atoms with Crippen LogP contribution in [0, 0.1) is 18.2 Å². The van der Waals surface area contributed by atoms with Gasteiger partial charge in [0.1, 0.15) is 24.0 Å². The second kappa shape index (κ2) is 11.5. The lowest BCUT2D eigenvalue weighted by Gasteiger charge is -2.42. The van der Waals surface area contributed by atoms with E-state index in [1.54, 1.807) is 23.1 Å². The number of fused-ring (bicyclic) bond motifs is 5. The Balaban J connectivity index is 1.17. The van der Waals surface area contributed by atoms with E-state index in [1.165, 1.54) is 12.1 Å². The van der Waals surface area contributed by atoms with Crippen molar-refractivity contribution < 1.29 is 24.1 Å². The molecule has 4 aliphatic heterocycles. The number of halogens is 1. The van der Waals surface area contributed by atoms with E-state index in [0.717, 1.165) is 67.8 Å². The van der Waals surface area contributed by atoms with E-state index in [9.17, 15) is 19.4 Å². The molecule has 10 heteroatoms. The number of hydrogen-bond donors (Lipinski definition) is 2. The summed E-state index contributed by atoms with van der Waals surface area (Å²) in [5, 5.41) is 22.9. The molecule has 3 aromatic rings. The first kappa shape index (κ1) is 30.2. The molecular formula is C37H40FN5O4. The van der Waals surface area contributed by atoms with E-state index in [1.807, 2.05) is 0 Å². The fraction of sp³-hybridized carbons (Fsp3) is 0.486. The van der Waals surface area contributed by atoms with Gasteiger partial charge in [0.2, 0.25) is 5.91 Å². The largest absolute Gasteiger partial charge is 0.508 e. The van der Waals surface area contributed by atoms with Gasteiger partial charge in [-0.05, 0) is 106 Å². The van der Waals surface area contributed by atoms with Crippen molar-refractivity contribution in [2.75, 3.05) is 37.7 Å². The molecular weight excluding hydrogens is 597 g/mol. The Morgan fingerprint density at radius 3 is 2.77 bits per heavy atom. The van der Waals surface area contributed by atoms with Crippen molar-refractivity contribution in [3.05, 3.63) is 65.1 Å². The van der Waals surface area contributed by atoms with Gasteiger partial charge in [-0.25, -0.2) is 4.39 Å². The van der Waals surface area contributed by atoms with Crippen LogP contribution in [0.25, 0.3) is 10.8 Å². The minimum Gasteiger partial charge on any atom is -0.508 e. The number of aromatic hydroxyl groups is 1. The van der Waals surface area contributed by atoms with Gasteiger partial charge >= 0.3 is 6.01 Å². The third kappa shape index (κ3) is 4.94. The molecule has 4 fully saturated rings. The van der Waals surface area contributed by atoms with Gasteiger partial charge in [-0.2, -0.15) is 9.97 Å². The Kier molecular flexibility index (Phi) is 7.38. The highest BCUT2D eigenvalue weighted by Crippen LogP contribution is 2.44. The molecule has 244 valence electrons. The maximum absolute atomic E-state index is 14.9. The number of anilines is 1. The fourth-order valence-corrected chi connectivity index (χ4v) is 9.30. The number of aliphatic hydroxyl groups excluding tert-OH is 1. The van der Waals surface area contributed by atoms with Crippen LogP contribution in [0.2, 0.25) is 0 Å². The standard InChI is InChI=1S/C37H40FN5O4/c1-3-26-29(38)10-8-23-15-25(44)18-28(34(23)26)22-7-9-27-30(16-22)39-36(47-21-37-11-5-13-42(37)14-6-12-37)40-35(27)41-19-24-17-32(45)31(20-41)43(24)33(46)4-2/h1,4,8,10,15,18,22,24,31-32,44-45H,2,5-7,9,11-14,16-17,19-21H2/t22-,24-,31-,32-/m1/s1. The second-order valence-electron chi connectivity index (χ2n) is 14.0. The van der Waals surface area contributed by atoms with Crippen LogP contribution in [-0.4, -0.2) is 92.4 Å². The molecule has 5 heterocycles. The summed E-state index contributed by atoms with van der Waals surface area (Å²) in [7, 11) is 0. The highest BCUT2D eigenvalue weighted by Gasteiger charge is 2.49. The number of carbonyl (C=O) groups excluding carboxylic acids is 1. The number of aliphatic hydroxyl groups is 1. The Morgan fingerprint density at radius 2 is 2.02 bits per heavy atom. The summed E-state index contributed by atoms with van der Waals surface area (Å²) in [6, 6.07) is 6.16. The highest BCUT2D eigenvalue weighted by molar-refractivity contribution is 5.93. The number of phenolic OH excluding ortho intramolecular Hbond substituents is 1. The molecule has 8 rings (SSSR count). The predicted molar refractivity (Wildman–Crippen MR) is 176 cm³/mol. The average molecular weight is 638 g/mol. The minimum absolute atomic E-state index is 0.0258. The zero-order chi connectivity index (χ0) is 32.4. The Hall–Kier alpha value is -4.20. The first-order chi connectivity index (χ1) is 22.8. The zero-order valence-electron chi connectivity index (χ0n) is 26.5. The summed E-state index contributed by atoms with van der Waals surface area (Å²) in [5.74, 6) is 2.76. The smallest absolute Gasteiger partial charge is 0.318 e. The van der Waals surface area contributed by atoms with Gasteiger partial charge in [0.05, 0.1) is 35.0 Å². The van der Waals surface area contributed by atoms with Crippen molar-refractivity contribution in [1.29, 1.82) is 0 Å². The van der Waals surface area contributed by atoms with Crippen molar-refractivity contribution in [3.63, 3.8) is 0 Å². The molecule has 1 amide bonds. The van der Waals surface area contributed by atoms with Crippen molar-refractivity contribution >= 4 is 22.5 Å². The molecule has 4 atom stereocenters. The molecule has 1 aliphatic carbocycles. The first-order valence-corrected chi connectivity index (χ1v) is 16.9. The number of nitrogens with zero attached hydrogens (tertiary/aromatic N) is 5. The van der Waals surface area contributed by atoms with Gasteiger partial charge in [-0.15, -0.1) is 6.42 Å². The molecule has 2 aromatic carbocycles. The number of benzene rings is 2. The molecule has 4 saturated heterocycles. The summed E-state index contributed by atoms with van der Waals surface area (Å²) >= 11 is 0. The van der Waals surface area contributed by atoms with Crippen LogP contribution in [0.15, 0.2) is 36.9 Å². The van der Waals surface area contributed by atoms with Crippen molar-refractivity contribution in [2.45, 2.75) is 81.0 Å². The van der Waals surface area contributed by atoms with Crippen LogP contribution in [0.5, 0.6) is 11.8 Å².